The first-order valence-electron chi connectivity index (χ1n) is 22.2. The summed E-state index contributed by atoms with van der Waals surface area (Å²) in [7, 11) is 0. The van der Waals surface area contributed by atoms with Gasteiger partial charge in [-0.15, -0.1) is 0 Å². The van der Waals surface area contributed by atoms with E-state index in [9.17, 15) is 60.7 Å². The largest absolute Gasteiger partial charge is 0.481 e. The van der Waals surface area contributed by atoms with E-state index in [1.165, 1.54) is 6.08 Å². The Labute approximate surface area is 376 Å². The quantitative estimate of drug-likeness (QED) is 0.180. The molecule has 362 valence electrons. The molecule has 0 aliphatic carbocycles. The van der Waals surface area contributed by atoms with Crippen LogP contribution in [0.1, 0.15) is 85.5 Å². The summed E-state index contributed by atoms with van der Waals surface area (Å²) in [5, 5.41) is 107. The third-order valence-electron chi connectivity index (χ3n) is 11.9. The number of rotatable bonds is 3. The second kappa shape index (κ2) is 27.3. The van der Waals surface area contributed by atoms with Crippen molar-refractivity contribution in [1.82, 2.24) is 0 Å². The molecule has 3 heterocycles. The molecule has 0 aromatic heterocycles. The fourth-order valence-corrected chi connectivity index (χ4v) is 8.00. The average molecular weight is 908 g/mol. The summed E-state index contributed by atoms with van der Waals surface area (Å²) in [4.78, 5) is 25.1. The van der Waals surface area contributed by atoms with E-state index in [0.717, 1.165) is 0 Å². The second-order valence-corrected chi connectivity index (χ2v) is 17.4. The van der Waals surface area contributed by atoms with Crippen molar-refractivity contribution in [3.63, 3.8) is 0 Å². The van der Waals surface area contributed by atoms with Gasteiger partial charge in [-0.25, -0.2) is 0 Å². The van der Waals surface area contributed by atoms with Gasteiger partial charge in [0, 0.05) is 31.1 Å². The van der Waals surface area contributed by atoms with Gasteiger partial charge in [0.2, 0.25) is 0 Å². The molecular weight excluding hydrogens is 835 g/mol. The molecule has 2 fully saturated rings. The highest BCUT2D eigenvalue weighted by Gasteiger charge is 2.51. The second-order valence-electron chi connectivity index (χ2n) is 17.4. The number of carbonyl (C=O) groups is 2. The lowest BCUT2D eigenvalue weighted by atomic mass is 9.82. The van der Waals surface area contributed by atoms with Gasteiger partial charge >= 0.3 is 11.9 Å². The van der Waals surface area contributed by atoms with Crippen molar-refractivity contribution in [2.75, 3.05) is 0 Å². The molecular formula is C47H73NO16. The molecule has 64 heavy (non-hydrogen) atoms. The highest BCUT2D eigenvalue weighted by Crippen LogP contribution is 2.38. The van der Waals surface area contributed by atoms with Crippen molar-refractivity contribution >= 4 is 11.9 Å². The fraction of sp³-hybridized carbons (Fsp3) is 0.660. The van der Waals surface area contributed by atoms with Crippen LogP contribution in [0.2, 0.25) is 0 Å². The van der Waals surface area contributed by atoms with Crippen LogP contribution in [0, 0.1) is 17.8 Å². The lowest BCUT2D eigenvalue weighted by Gasteiger charge is -2.45. The first-order chi connectivity index (χ1) is 30.2. The molecule has 3 aliphatic rings. The molecule has 12 N–H and O–H groups in total. The van der Waals surface area contributed by atoms with E-state index in [1.54, 1.807) is 63.3 Å². The zero-order valence-corrected chi connectivity index (χ0v) is 37.3. The van der Waals surface area contributed by atoms with Crippen LogP contribution in [-0.4, -0.2) is 154 Å². The van der Waals surface area contributed by atoms with Gasteiger partial charge in [0.25, 0.3) is 0 Å². The molecule has 18 atom stereocenters. The lowest BCUT2D eigenvalue weighted by molar-refractivity contribution is -0.308. The number of ether oxygens (including phenoxy) is 4. The normalized spacial score (nSPS) is 44.8. The standard InChI is InChI=1S/C47H73NO16/c1-28-18-15-13-11-9-7-5-6-8-10-12-14-16-21-36(63-46-44(57)41(48)43(56)31(4)62-46)25-38-40(45(58)59)37(53)27-47(60,64-38)26-35(52)23-33(50)20-17-19-32(49)22-34(51)24-39(54)61-30(3)29(2)42(28)55/h5-16,18,21,28-38,40-44,46,49-53,55-57,60H,17,19-20,22-27,48H2,1-4H3,(H,58,59)/b6-5+,9-7+,10-8+,13-11+,14-12+,18-15+,21-16+/t28-,29-,30-,31?,32+,33-,34+,35-,36-,37-,38?,40+,41?,42+,43?,44?,46?,47+/m0/s1. The van der Waals surface area contributed by atoms with Crippen LogP contribution in [0.15, 0.2) is 85.1 Å². The van der Waals surface area contributed by atoms with Crippen molar-refractivity contribution in [1.29, 1.82) is 0 Å². The maximum absolute atomic E-state index is 12.6. The molecule has 2 bridgehead atoms. The summed E-state index contributed by atoms with van der Waals surface area (Å²) in [5.41, 5.74) is 6.02. The van der Waals surface area contributed by atoms with E-state index in [4.69, 9.17) is 24.7 Å². The molecule has 0 aromatic carbocycles. The van der Waals surface area contributed by atoms with Crippen LogP contribution >= 0.6 is 0 Å². The Kier molecular flexibility index (Phi) is 23.4. The van der Waals surface area contributed by atoms with Crippen LogP contribution in [0.5, 0.6) is 0 Å². The number of carbonyl (C=O) groups excluding carboxylic acids is 1. The number of aliphatic hydroxyl groups excluding tert-OH is 8. The maximum Gasteiger partial charge on any atom is 0.311 e. The molecule has 0 spiro atoms. The predicted octanol–water partition coefficient (Wildman–Crippen LogP) is 1.74. The topological polar surface area (TPSA) is 299 Å². The van der Waals surface area contributed by atoms with Gasteiger partial charge in [0.05, 0.1) is 73.5 Å². The molecule has 3 rings (SSSR count). The van der Waals surface area contributed by atoms with Crippen LogP contribution < -0.4 is 5.73 Å². The van der Waals surface area contributed by atoms with Crippen molar-refractivity contribution < 1.29 is 79.6 Å². The molecule has 0 aromatic rings. The first-order valence-corrected chi connectivity index (χ1v) is 22.2. The fourth-order valence-electron chi connectivity index (χ4n) is 8.00. The molecule has 0 radical (unpaired) electrons. The van der Waals surface area contributed by atoms with Gasteiger partial charge in [-0.1, -0.05) is 98.9 Å². The number of carboxylic acids is 1. The predicted molar refractivity (Wildman–Crippen MR) is 236 cm³/mol. The van der Waals surface area contributed by atoms with Crippen LogP contribution in [0.3, 0.4) is 0 Å². The van der Waals surface area contributed by atoms with Gasteiger partial charge in [-0.3, -0.25) is 9.59 Å². The van der Waals surface area contributed by atoms with E-state index in [2.05, 4.69) is 0 Å². The van der Waals surface area contributed by atoms with Gasteiger partial charge in [-0.05, 0) is 46.0 Å². The molecule has 2 saturated heterocycles. The van der Waals surface area contributed by atoms with Gasteiger partial charge in [-0.2, -0.15) is 0 Å². The van der Waals surface area contributed by atoms with Crippen molar-refractivity contribution in [2.45, 2.75) is 177 Å². The van der Waals surface area contributed by atoms with Crippen molar-refractivity contribution in [2.24, 2.45) is 23.5 Å². The minimum Gasteiger partial charge on any atom is -0.481 e. The van der Waals surface area contributed by atoms with Crippen LogP contribution in [0.4, 0.5) is 0 Å². The van der Waals surface area contributed by atoms with E-state index < -0.39 is 128 Å². The van der Waals surface area contributed by atoms with Gasteiger partial charge < -0.3 is 75.7 Å². The Morgan fingerprint density at radius 2 is 1.22 bits per heavy atom. The number of hydrogen-bond acceptors (Lipinski definition) is 16. The van der Waals surface area contributed by atoms with E-state index >= 15 is 0 Å². The summed E-state index contributed by atoms with van der Waals surface area (Å²) in [6.45, 7) is 6.82. The molecule has 6 unspecified atom stereocenters. The third kappa shape index (κ3) is 18.5. The lowest BCUT2D eigenvalue weighted by Crippen LogP contribution is -2.61. The number of hydrogen-bond donors (Lipinski definition) is 11. The zero-order chi connectivity index (χ0) is 47.6. The number of allylic oxidation sites excluding steroid dienone is 12. The molecule has 0 saturated carbocycles. The van der Waals surface area contributed by atoms with Gasteiger partial charge in [0.1, 0.15) is 18.1 Å². The van der Waals surface area contributed by atoms with Crippen molar-refractivity contribution in [3.8, 4) is 0 Å². The van der Waals surface area contributed by atoms with Crippen molar-refractivity contribution in [3.05, 3.63) is 85.1 Å². The number of aliphatic hydroxyl groups is 9. The zero-order valence-electron chi connectivity index (χ0n) is 37.3. The van der Waals surface area contributed by atoms with E-state index in [1.807, 2.05) is 43.4 Å². The number of esters is 1. The maximum atomic E-state index is 12.6. The average Bonchev–Trinajstić information content (AvgIpc) is 3.20. The van der Waals surface area contributed by atoms with E-state index in [-0.39, 0.29) is 50.9 Å². The van der Waals surface area contributed by atoms with E-state index in [0.29, 0.717) is 0 Å². The minimum atomic E-state index is -2.23. The highest BCUT2D eigenvalue weighted by atomic mass is 16.7. The molecule has 3 aliphatic heterocycles. The Bertz CT molecular complexity index is 1630. The highest BCUT2D eigenvalue weighted by molar-refractivity contribution is 5.71. The molecule has 17 nitrogen and oxygen atoms in total. The SMILES string of the molecule is CC1OC(O[C@H]2/C=C/C=C/C=C/C=C/C=C/C=C/C=C/[C@H](C)[C@@H](O)[C@@H](C)[C@H](C)OC(=O)C[C@H](O)C[C@H](O)CCC[C@H](O)C[C@H](O)C[C@]3(O)C[C@H](O)[C@@H](C(=O)O)C(C2)O3)C(O)C(N)C1O. The summed E-state index contributed by atoms with van der Waals surface area (Å²) in [6.07, 6.45) is 7.89. The summed E-state index contributed by atoms with van der Waals surface area (Å²) >= 11 is 0. The Balaban J connectivity index is 1.84. The van der Waals surface area contributed by atoms with Crippen LogP contribution in [0.25, 0.3) is 0 Å². The summed E-state index contributed by atoms with van der Waals surface area (Å²) in [5.74, 6) is -6.55. The Morgan fingerprint density at radius 1 is 0.688 bits per heavy atom. The number of carboxylic acid groups (broad SMARTS) is 1. The number of nitrogens with two attached hydrogens (primary N) is 1. The first kappa shape index (κ1) is 54.9. The summed E-state index contributed by atoms with van der Waals surface area (Å²) in [6, 6.07) is -1.13. The third-order valence-corrected chi connectivity index (χ3v) is 11.9. The Hall–Kier alpha value is -3.40. The Morgan fingerprint density at radius 3 is 1.78 bits per heavy atom. The summed E-state index contributed by atoms with van der Waals surface area (Å²) < 4.78 is 23.2. The smallest absolute Gasteiger partial charge is 0.311 e. The van der Waals surface area contributed by atoms with Gasteiger partial charge in [0.15, 0.2) is 12.1 Å². The van der Waals surface area contributed by atoms with Crippen LogP contribution in [-0.2, 0) is 28.5 Å². The monoisotopic (exact) mass is 907 g/mol. The molecule has 17 heteroatoms. The minimum absolute atomic E-state index is 0.122. The number of cyclic esters (lactones) is 1. The molecule has 0 amide bonds. The number of fused-ring (bicyclic) bond motifs is 2. The number of aliphatic carboxylic acids is 1.